The van der Waals surface area contributed by atoms with Crippen LogP contribution in [0.2, 0.25) is 0 Å². The molecule has 3 atom stereocenters. The smallest absolute Gasteiger partial charge is 0.268 e. The molecule has 0 unspecified atom stereocenters. The molecule has 11 heteroatoms. The number of hydrogen-bond acceptors (Lipinski definition) is 8. The van der Waals surface area contributed by atoms with Crippen molar-refractivity contribution in [2.24, 2.45) is 0 Å². The Morgan fingerprint density at radius 1 is 1.08 bits per heavy atom. The molecule has 3 rings (SSSR count). The number of sulfone groups is 1. The van der Waals surface area contributed by atoms with Gasteiger partial charge in [0.2, 0.25) is 0 Å². The van der Waals surface area contributed by atoms with Gasteiger partial charge in [-0.25, -0.2) is 13.4 Å². The third-order valence-corrected chi connectivity index (χ3v) is 6.27. The lowest BCUT2D eigenvalue weighted by Gasteiger charge is -2.16. The number of carbonyl (C=O) groups excluding carboxylic acids is 1. The number of nitrogens with zero attached hydrogens (tertiary/aromatic N) is 1. The van der Waals surface area contributed by atoms with Gasteiger partial charge in [0.05, 0.1) is 24.9 Å². The number of aliphatic hydroxyl groups excluding tert-OH is 1. The van der Waals surface area contributed by atoms with E-state index in [1.807, 2.05) is 6.92 Å². The van der Waals surface area contributed by atoms with Crippen molar-refractivity contribution < 1.29 is 32.5 Å². The number of aromatic amines is 1. The van der Waals surface area contributed by atoms with Crippen LogP contribution in [0.25, 0.3) is 11.3 Å². The lowest BCUT2D eigenvalue weighted by Crippen LogP contribution is -2.39. The van der Waals surface area contributed by atoms with Crippen molar-refractivity contribution in [3.05, 3.63) is 54.4 Å². The van der Waals surface area contributed by atoms with Crippen molar-refractivity contribution >= 4 is 15.7 Å². The summed E-state index contributed by atoms with van der Waals surface area (Å²) in [4.78, 5) is 19.6. The Bertz CT molecular complexity index is 1290. The number of aliphatic hydroxyl groups is 1. The summed E-state index contributed by atoms with van der Waals surface area (Å²) >= 11 is 0. The molecule has 2 aromatic heterocycles. The van der Waals surface area contributed by atoms with Crippen molar-refractivity contribution in [3.63, 3.8) is 0 Å². The first-order chi connectivity index (χ1) is 17.0. The van der Waals surface area contributed by atoms with Gasteiger partial charge in [0.25, 0.3) is 5.91 Å². The number of ether oxygens (including phenoxy) is 3. The van der Waals surface area contributed by atoms with E-state index in [0.29, 0.717) is 40.8 Å². The quantitative estimate of drug-likeness (QED) is 0.352. The second kappa shape index (κ2) is 11.5. The van der Waals surface area contributed by atoms with E-state index >= 15 is 0 Å². The maximum atomic E-state index is 12.5. The lowest BCUT2D eigenvalue weighted by atomic mass is 10.1. The molecule has 0 saturated carbocycles. The van der Waals surface area contributed by atoms with E-state index in [1.165, 1.54) is 18.3 Å². The summed E-state index contributed by atoms with van der Waals surface area (Å²) in [5, 5.41) is 12.3. The Morgan fingerprint density at radius 2 is 1.81 bits per heavy atom. The number of benzene rings is 1. The van der Waals surface area contributed by atoms with Crippen LogP contribution in [0, 0.1) is 0 Å². The molecule has 0 radical (unpaired) electrons. The molecule has 0 aliphatic heterocycles. The minimum Gasteiger partial charge on any atom is -0.488 e. The summed E-state index contributed by atoms with van der Waals surface area (Å²) in [5.74, 6) is 0.929. The highest BCUT2D eigenvalue weighted by Gasteiger charge is 2.17. The zero-order valence-corrected chi connectivity index (χ0v) is 21.6. The Morgan fingerprint density at radius 3 is 2.42 bits per heavy atom. The standard InChI is InChI=1S/C25H31N3O7S/c1-15(14-33-4)34-20-10-18(22-7-8-23(28-22)25(30)27-16(2)17(3)29)11-21(12-20)35-19-6-9-24(26-13-19)36(5,31)32/h6-13,15-17,28-29H,14H2,1-5H3,(H,27,30)/t15-,16+,17+/m0/s1. The van der Waals surface area contributed by atoms with E-state index in [0.717, 1.165) is 6.26 Å². The molecule has 36 heavy (non-hydrogen) atoms. The van der Waals surface area contributed by atoms with Crippen LogP contribution in [0.1, 0.15) is 31.3 Å². The number of amides is 1. The summed E-state index contributed by atoms with van der Waals surface area (Å²) in [6.07, 6.45) is 1.49. The van der Waals surface area contributed by atoms with Gasteiger partial charge in [0, 0.05) is 30.7 Å². The van der Waals surface area contributed by atoms with Gasteiger partial charge < -0.3 is 29.6 Å². The van der Waals surface area contributed by atoms with E-state index in [1.54, 1.807) is 51.3 Å². The number of aromatic nitrogens is 2. The molecule has 0 spiro atoms. The van der Waals surface area contributed by atoms with Gasteiger partial charge in [0.1, 0.15) is 29.0 Å². The average molecular weight is 518 g/mol. The normalized spacial score (nSPS) is 14.1. The van der Waals surface area contributed by atoms with Crippen LogP contribution in [-0.2, 0) is 14.6 Å². The number of H-pyrrole nitrogens is 1. The molecule has 1 amide bonds. The summed E-state index contributed by atoms with van der Waals surface area (Å²) in [6, 6.07) is 11.1. The molecule has 0 aliphatic rings. The first kappa shape index (κ1) is 27.2. The van der Waals surface area contributed by atoms with Gasteiger partial charge in [-0.3, -0.25) is 4.79 Å². The lowest BCUT2D eigenvalue weighted by molar-refractivity contribution is 0.0869. The molecule has 2 heterocycles. The number of pyridine rings is 1. The largest absolute Gasteiger partial charge is 0.488 e. The third kappa shape index (κ3) is 7.30. The molecular formula is C25H31N3O7S. The summed E-state index contributed by atoms with van der Waals surface area (Å²) in [7, 11) is -1.84. The van der Waals surface area contributed by atoms with Crippen LogP contribution >= 0.6 is 0 Å². The number of nitrogens with one attached hydrogen (secondary N) is 2. The van der Waals surface area contributed by atoms with Crippen LogP contribution in [0.5, 0.6) is 17.2 Å². The maximum Gasteiger partial charge on any atom is 0.268 e. The molecule has 0 aliphatic carbocycles. The first-order valence-electron chi connectivity index (χ1n) is 11.3. The van der Waals surface area contributed by atoms with Gasteiger partial charge in [-0.1, -0.05) is 0 Å². The van der Waals surface area contributed by atoms with E-state index in [-0.39, 0.29) is 17.0 Å². The molecule has 0 fully saturated rings. The highest BCUT2D eigenvalue weighted by Crippen LogP contribution is 2.33. The number of hydrogen-bond donors (Lipinski definition) is 3. The van der Waals surface area contributed by atoms with Crippen molar-refractivity contribution in [1.82, 2.24) is 15.3 Å². The van der Waals surface area contributed by atoms with Crippen LogP contribution in [0.3, 0.4) is 0 Å². The Balaban J connectivity index is 1.90. The fraction of sp³-hybridized carbons (Fsp3) is 0.360. The van der Waals surface area contributed by atoms with Crippen molar-refractivity contribution in [3.8, 4) is 28.5 Å². The van der Waals surface area contributed by atoms with E-state index < -0.39 is 22.0 Å². The highest BCUT2D eigenvalue weighted by atomic mass is 32.2. The zero-order chi connectivity index (χ0) is 26.5. The predicted molar refractivity (Wildman–Crippen MR) is 134 cm³/mol. The number of methoxy groups -OCH3 is 1. The number of carbonyl (C=O) groups is 1. The topological polar surface area (TPSA) is 140 Å². The average Bonchev–Trinajstić information content (AvgIpc) is 3.29. The van der Waals surface area contributed by atoms with Gasteiger partial charge in [-0.15, -0.1) is 0 Å². The van der Waals surface area contributed by atoms with Crippen LogP contribution in [-0.4, -0.2) is 67.6 Å². The molecule has 10 nitrogen and oxygen atoms in total. The maximum absolute atomic E-state index is 12.5. The predicted octanol–water partition coefficient (Wildman–Crippen LogP) is 3.19. The fourth-order valence-corrected chi connectivity index (χ4v) is 3.80. The molecule has 194 valence electrons. The van der Waals surface area contributed by atoms with Crippen LogP contribution in [0.15, 0.2) is 53.7 Å². The van der Waals surface area contributed by atoms with Crippen molar-refractivity contribution in [2.45, 2.75) is 44.0 Å². The van der Waals surface area contributed by atoms with Crippen molar-refractivity contribution in [1.29, 1.82) is 0 Å². The minimum absolute atomic E-state index is 0.0527. The van der Waals surface area contributed by atoms with Gasteiger partial charge in [0.15, 0.2) is 14.9 Å². The van der Waals surface area contributed by atoms with E-state index in [4.69, 9.17) is 14.2 Å². The van der Waals surface area contributed by atoms with Crippen LogP contribution < -0.4 is 14.8 Å². The molecule has 0 bridgehead atoms. The SMILES string of the molecule is COC[C@H](C)Oc1cc(Oc2ccc(S(C)(=O)=O)nc2)cc(-c2ccc(C(=O)N[C@H](C)[C@@H](C)O)[nH]2)c1. The van der Waals surface area contributed by atoms with Gasteiger partial charge >= 0.3 is 0 Å². The molecule has 1 aromatic carbocycles. The Labute approximate surface area is 210 Å². The van der Waals surface area contributed by atoms with E-state index in [2.05, 4.69) is 15.3 Å². The van der Waals surface area contributed by atoms with Crippen LogP contribution in [0.4, 0.5) is 0 Å². The minimum atomic E-state index is -3.43. The Hall–Kier alpha value is -3.41. The summed E-state index contributed by atoms with van der Waals surface area (Å²) in [5.41, 5.74) is 1.67. The van der Waals surface area contributed by atoms with E-state index in [9.17, 15) is 18.3 Å². The summed E-state index contributed by atoms with van der Waals surface area (Å²) < 4.78 is 40.4. The molecule has 3 aromatic rings. The molecule has 3 N–H and O–H groups in total. The van der Waals surface area contributed by atoms with Crippen molar-refractivity contribution in [2.75, 3.05) is 20.0 Å². The zero-order valence-electron chi connectivity index (χ0n) is 20.8. The van der Waals surface area contributed by atoms with Gasteiger partial charge in [-0.2, -0.15) is 0 Å². The Kier molecular flexibility index (Phi) is 8.72. The fourth-order valence-electron chi connectivity index (χ4n) is 3.24. The second-order valence-electron chi connectivity index (χ2n) is 8.57. The third-order valence-electron chi connectivity index (χ3n) is 5.27. The first-order valence-corrected chi connectivity index (χ1v) is 13.2. The summed E-state index contributed by atoms with van der Waals surface area (Å²) in [6.45, 7) is 5.57. The molecular weight excluding hydrogens is 486 g/mol. The highest BCUT2D eigenvalue weighted by molar-refractivity contribution is 7.90. The number of rotatable bonds is 11. The van der Waals surface area contributed by atoms with Gasteiger partial charge in [-0.05, 0) is 57.2 Å². The second-order valence-corrected chi connectivity index (χ2v) is 10.5. The monoisotopic (exact) mass is 517 g/mol. The molecule has 0 saturated heterocycles.